The van der Waals surface area contributed by atoms with Crippen LogP contribution in [0.2, 0.25) is 0 Å². The molecule has 0 heterocycles. The predicted octanol–water partition coefficient (Wildman–Crippen LogP) is 2.50. The fraction of sp³-hybridized carbons (Fsp3) is 0.562. The summed E-state index contributed by atoms with van der Waals surface area (Å²) in [6, 6.07) is 13.2. The molecule has 3 nitrogen and oxygen atoms in total. The average Bonchev–Trinajstić information content (AvgIpc) is 3.28. The van der Waals surface area contributed by atoms with Crippen LogP contribution in [0, 0.1) is 11.3 Å². The monoisotopic (exact) mass is 257 g/mol. The molecule has 1 atom stereocenters. The molecule has 1 aromatic rings. The second kappa shape index (κ2) is 6.18. The number of benzene rings is 1. The number of nitrogens with zero attached hydrogens (tertiary/aromatic N) is 2. The van der Waals surface area contributed by atoms with Crippen molar-refractivity contribution < 1.29 is 0 Å². The molecular formula is C16H23N3. The third kappa shape index (κ3) is 3.56. The maximum absolute atomic E-state index is 9.76. The van der Waals surface area contributed by atoms with Crippen LogP contribution in [-0.4, -0.2) is 31.1 Å². The molecule has 1 aliphatic rings. The van der Waals surface area contributed by atoms with Crippen molar-refractivity contribution in [2.24, 2.45) is 0 Å². The molecule has 2 rings (SSSR count). The van der Waals surface area contributed by atoms with Gasteiger partial charge in [-0.25, -0.2) is 0 Å². The molecule has 19 heavy (non-hydrogen) atoms. The van der Waals surface area contributed by atoms with Crippen LogP contribution in [0.4, 0.5) is 0 Å². The first-order valence-corrected chi connectivity index (χ1v) is 7.13. The van der Waals surface area contributed by atoms with Gasteiger partial charge in [-0.3, -0.25) is 5.32 Å². The van der Waals surface area contributed by atoms with E-state index in [1.165, 1.54) is 12.8 Å². The van der Waals surface area contributed by atoms with Gasteiger partial charge in [-0.15, -0.1) is 0 Å². The standard InChI is InChI=1S/C16H23N3/c1-3-19(2)12-11-16(13-17,18-15-9-10-15)14-7-5-4-6-8-14/h4-8,15,18H,3,9-12H2,1-2H3. The van der Waals surface area contributed by atoms with Crippen LogP contribution in [0.1, 0.15) is 31.7 Å². The minimum absolute atomic E-state index is 0.520. The lowest BCUT2D eigenvalue weighted by molar-refractivity contribution is 0.288. The Labute approximate surface area is 116 Å². The molecule has 1 aromatic carbocycles. The molecule has 0 aromatic heterocycles. The van der Waals surface area contributed by atoms with E-state index < -0.39 is 5.54 Å². The van der Waals surface area contributed by atoms with E-state index in [0.29, 0.717) is 6.04 Å². The van der Waals surface area contributed by atoms with Crippen molar-refractivity contribution in [2.45, 2.75) is 37.8 Å². The van der Waals surface area contributed by atoms with Crippen LogP contribution in [0.15, 0.2) is 30.3 Å². The zero-order valence-electron chi connectivity index (χ0n) is 11.9. The van der Waals surface area contributed by atoms with Crippen molar-refractivity contribution in [3.05, 3.63) is 35.9 Å². The summed E-state index contributed by atoms with van der Waals surface area (Å²) < 4.78 is 0. The second-order valence-electron chi connectivity index (χ2n) is 5.45. The molecule has 1 saturated carbocycles. The van der Waals surface area contributed by atoms with E-state index in [0.717, 1.165) is 25.1 Å². The third-order valence-electron chi connectivity index (χ3n) is 3.89. The third-order valence-corrected chi connectivity index (χ3v) is 3.89. The van der Waals surface area contributed by atoms with Crippen molar-refractivity contribution in [1.29, 1.82) is 5.26 Å². The highest BCUT2D eigenvalue weighted by Crippen LogP contribution is 2.31. The molecule has 0 saturated heterocycles. The summed E-state index contributed by atoms with van der Waals surface area (Å²) in [6.45, 7) is 4.09. The molecule has 0 aliphatic heterocycles. The summed E-state index contributed by atoms with van der Waals surface area (Å²) in [4.78, 5) is 2.25. The van der Waals surface area contributed by atoms with E-state index in [1.807, 2.05) is 18.2 Å². The smallest absolute Gasteiger partial charge is 0.133 e. The highest BCUT2D eigenvalue weighted by molar-refractivity contribution is 5.32. The second-order valence-corrected chi connectivity index (χ2v) is 5.45. The van der Waals surface area contributed by atoms with Crippen molar-refractivity contribution in [1.82, 2.24) is 10.2 Å². The minimum Gasteiger partial charge on any atom is -0.307 e. The van der Waals surface area contributed by atoms with Gasteiger partial charge in [0.15, 0.2) is 0 Å². The Morgan fingerprint density at radius 2 is 2.05 bits per heavy atom. The number of hydrogen-bond donors (Lipinski definition) is 1. The summed E-state index contributed by atoms with van der Waals surface area (Å²) in [5.41, 5.74) is 0.556. The Morgan fingerprint density at radius 1 is 1.37 bits per heavy atom. The Hall–Kier alpha value is -1.37. The van der Waals surface area contributed by atoms with Crippen molar-refractivity contribution in [2.75, 3.05) is 20.1 Å². The summed E-state index contributed by atoms with van der Waals surface area (Å²) in [7, 11) is 2.10. The molecule has 1 aliphatic carbocycles. The topological polar surface area (TPSA) is 39.1 Å². The fourth-order valence-corrected chi connectivity index (χ4v) is 2.27. The van der Waals surface area contributed by atoms with Crippen molar-refractivity contribution in [3.8, 4) is 6.07 Å². The van der Waals surface area contributed by atoms with E-state index in [2.05, 4.69) is 42.4 Å². The van der Waals surface area contributed by atoms with Crippen LogP contribution < -0.4 is 5.32 Å². The lowest BCUT2D eigenvalue weighted by Crippen LogP contribution is -2.44. The van der Waals surface area contributed by atoms with Crippen molar-refractivity contribution in [3.63, 3.8) is 0 Å². The summed E-state index contributed by atoms with van der Waals surface area (Å²) in [5, 5.41) is 13.3. The number of nitrogens with one attached hydrogen (secondary N) is 1. The van der Waals surface area contributed by atoms with E-state index >= 15 is 0 Å². The van der Waals surface area contributed by atoms with Gasteiger partial charge < -0.3 is 4.90 Å². The zero-order valence-corrected chi connectivity index (χ0v) is 11.9. The summed E-state index contributed by atoms with van der Waals surface area (Å²) in [5.74, 6) is 0. The molecule has 1 fully saturated rings. The first kappa shape index (κ1) is 14.0. The van der Waals surface area contributed by atoms with E-state index in [9.17, 15) is 5.26 Å². The average molecular weight is 257 g/mol. The Kier molecular flexibility index (Phi) is 4.57. The molecule has 1 N–H and O–H groups in total. The highest BCUT2D eigenvalue weighted by Gasteiger charge is 2.37. The lowest BCUT2D eigenvalue weighted by atomic mass is 9.87. The van der Waals surface area contributed by atoms with Gasteiger partial charge in [0, 0.05) is 12.6 Å². The Bertz CT molecular complexity index is 433. The van der Waals surface area contributed by atoms with E-state index in [4.69, 9.17) is 0 Å². The summed E-state index contributed by atoms with van der Waals surface area (Å²) in [6.07, 6.45) is 3.22. The highest BCUT2D eigenvalue weighted by atomic mass is 15.1. The molecule has 102 valence electrons. The fourth-order valence-electron chi connectivity index (χ4n) is 2.27. The lowest BCUT2D eigenvalue weighted by Gasteiger charge is -2.30. The molecule has 0 bridgehead atoms. The minimum atomic E-state index is -0.536. The normalized spacial score (nSPS) is 18.0. The van der Waals surface area contributed by atoms with Crippen LogP contribution in [0.25, 0.3) is 0 Å². The number of nitriles is 1. The van der Waals surface area contributed by atoms with Gasteiger partial charge in [0.2, 0.25) is 0 Å². The maximum atomic E-state index is 9.76. The molecular weight excluding hydrogens is 234 g/mol. The van der Waals surface area contributed by atoms with Crippen LogP contribution in [0.3, 0.4) is 0 Å². The molecule has 1 unspecified atom stereocenters. The Balaban J connectivity index is 2.18. The molecule has 0 spiro atoms. The predicted molar refractivity (Wildman–Crippen MR) is 77.7 cm³/mol. The number of rotatable bonds is 7. The largest absolute Gasteiger partial charge is 0.307 e. The van der Waals surface area contributed by atoms with Gasteiger partial charge in [-0.05, 0) is 38.4 Å². The molecule has 0 amide bonds. The van der Waals surface area contributed by atoms with Gasteiger partial charge in [0.25, 0.3) is 0 Å². The maximum Gasteiger partial charge on any atom is 0.133 e. The first-order chi connectivity index (χ1) is 9.20. The van der Waals surface area contributed by atoms with Gasteiger partial charge in [0.05, 0.1) is 6.07 Å². The summed E-state index contributed by atoms with van der Waals surface area (Å²) >= 11 is 0. The molecule has 3 heteroatoms. The molecule has 0 radical (unpaired) electrons. The first-order valence-electron chi connectivity index (χ1n) is 7.13. The van der Waals surface area contributed by atoms with E-state index in [-0.39, 0.29) is 0 Å². The van der Waals surface area contributed by atoms with Gasteiger partial charge in [-0.2, -0.15) is 5.26 Å². The van der Waals surface area contributed by atoms with Crippen molar-refractivity contribution >= 4 is 0 Å². The van der Waals surface area contributed by atoms with Crippen LogP contribution in [0.5, 0.6) is 0 Å². The van der Waals surface area contributed by atoms with Gasteiger partial charge in [0.1, 0.15) is 5.54 Å². The van der Waals surface area contributed by atoms with Gasteiger partial charge >= 0.3 is 0 Å². The van der Waals surface area contributed by atoms with E-state index in [1.54, 1.807) is 0 Å². The zero-order chi connectivity index (χ0) is 13.7. The van der Waals surface area contributed by atoms with Gasteiger partial charge in [-0.1, -0.05) is 37.3 Å². The SMILES string of the molecule is CCN(C)CCC(C#N)(NC1CC1)c1ccccc1. The Morgan fingerprint density at radius 3 is 2.58 bits per heavy atom. The number of hydrogen-bond acceptors (Lipinski definition) is 3. The quantitative estimate of drug-likeness (QED) is 0.815. The van der Waals surface area contributed by atoms with Crippen LogP contribution >= 0.6 is 0 Å². The van der Waals surface area contributed by atoms with Crippen LogP contribution in [-0.2, 0) is 5.54 Å².